The summed E-state index contributed by atoms with van der Waals surface area (Å²) in [5, 5.41) is 2.98. The predicted octanol–water partition coefficient (Wildman–Crippen LogP) is 3.51. The van der Waals surface area contributed by atoms with Crippen LogP contribution in [0.15, 0.2) is 18.2 Å². The minimum Gasteiger partial charge on any atom is -0.399 e. The Morgan fingerprint density at radius 2 is 1.95 bits per heavy atom. The maximum atomic E-state index is 13.0. The van der Waals surface area contributed by atoms with E-state index in [1.165, 1.54) is 12.1 Å². The zero-order valence-electron chi connectivity index (χ0n) is 11.3. The molecule has 0 aliphatic carbocycles. The van der Waals surface area contributed by atoms with Gasteiger partial charge in [0.25, 0.3) is 0 Å². The molecule has 1 saturated heterocycles. The van der Waals surface area contributed by atoms with Gasteiger partial charge in [-0.05, 0) is 43.9 Å². The highest BCUT2D eigenvalue weighted by Crippen LogP contribution is 2.37. The van der Waals surface area contributed by atoms with Gasteiger partial charge in [-0.3, -0.25) is 0 Å². The second-order valence-electron chi connectivity index (χ2n) is 5.19. The van der Waals surface area contributed by atoms with Crippen molar-refractivity contribution in [2.45, 2.75) is 32.0 Å². The van der Waals surface area contributed by atoms with Crippen molar-refractivity contribution in [3.05, 3.63) is 23.8 Å². The largest absolute Gasteiger partial charge is 0.418 e. The summed E-state index contributed by atoms with van der Waals surface area (Å²) in [7, 11) is 0. The molecule has 6 heteroatoms. The summed E-state index contributed by atoms with van der Waals surface area (Å²) in [6.07, 6.45) is -2.68. The molecule has 1 unspecified atom stereocenters. The Balaban J connectivity index is 2.16. The number of benzene rings is 1. The quantitative estimate of drug-likeness (QED) is 0.837. The maximum Gasteiger partial charge on any atom is 0.418 e. The first-order valence-electron chi connectivity index (χ1n) is 6.69. The van der Waals surface area contributed by atoms with Crippen LogP contribution in [0.25, 0.3) is 0 Å². The van der Waals surface area contributed by atoms with Crippen LogP contribution in [-0.4, -0.2) is 19.3 Å². The van der Waals surface area contributed by atoms with E-state index in [-0.39, 0.29) is 17.4 Å². The molecule has 1 fully saturated rings. The lowest BCUT2D eigenvalue weighted by atomic mass is 9.92. The third-order valence-electron chi connectivity index (χ3n) is 3.71. The Morgan fingerprint density at radius 1 is 1.30 bits per heavy atom. The van der Waals surface area contributed by atoms with Gasteiger partial charge in [0.05, 0.1) is 5.56 Å². The van der Waals surface area contributed by atoms with Crippen LogP contribution in [0.1, 0.15) is 25.3 Å². The molecule has 1 atom stereocenters. The molecular weight excluding hydrogens is 269 g/mol. The van der Waals surface area contributed by atoms with E-state index >= 15 is 0 Å². The zero-order valence-corrected chi connectivity index (χ0v) is 11.3. The van der Waals surface area contributed by atoms with Crippen molar-refractivity contribution in [2.75, 3.05) is 24.3 Å². The van der Waals surface area contributed by atoms with Crippen LogP contribution < -0.4 is 11.1 Å². The molecule has 1 aliphatic heterocycles. The van der Waals surface area contributed by atoms with E-state index in [1.54, 1.807) is 0 Å². The van der Waals surface area contributed by atoms with Crippen LogP contribution in [0, 0.1) is 5.92 Å². The third kappa shape index (κ3) is 3.56. The fourth-order valence-corrected chi connectivity index (χ4v) is 2.50. The van der Waals surface area contributed by atoms with E-state index in [0.717, 1.165) is 18.9 Å². The molecule has 3 N–H and O–H groups in total. The molecule has 0 aromatic heterocycles. The van der Waals surface area contributed by atoms with E-state index in [2.05, 4.69) is 5.32 Å². The van der Waals surface area contributed by atoms with Crippen molar-refractivity contribution in [1.82, 2.24) is 0 Å². The Labute approximate surface area is 116 Å². The van der Waals surface area contributed by atoms with E-state index in [0.29, 0.717) is 19.1 Å². The standard InChI is InChI=1S/C14H19F3N2O/c1-9(10-4-6-20-7-5-10)19-13-3-2-11(18)8-12(13)14(15,16)17/h2-3,8-10,19H,4-7,18H2,1H3. The molecule has 0 bridgehead atoms. The Kier molecular flexibility index (Phi) is 4.42. The SMILES string of the molecule is CC(Nc1ccc(N)cc1C(F)(F)F)C1CCOCC1. The molecule has 1 aromatic carbocycles. The van der Waals surface area contributed by atoms with Gasteiger partial charge in [0.1, 0.15) is 0 Å². The average molecular weight is 288 g/mol. The number of nitrogens with one attached hydrogen (secondary N) is 1. The molecule has 1 aliphatic rings. The van der Waals surface area contributed by atoms with Crippen LogP contribution in [0.2, 0.25) is 0 Å². The lowest BCUT2D eigenvalue weighted by Crippen LogP contribution is -2.31. The van der Waals surface area contributed by atoms with Gasteiger partial charge in [0.2, 0.25) is 0 Å². The highest BCUT2D eigenvalue weighted by Gasteiger charge is 2.34. The first-order valence-corrected chi connectivity index (χ1v) is 6.69. The molecule has 2 rings (SSSR count). The Hall–Kier alpha value is -1.43. The lowest BCUT2D eigenvalue weighted by Gasteiger charge is -2.30. The number of halogens is 3. The van der Waals surface area contributed by atoms with E-state index in [1.807, 2.05) is 6.92 Å². The summed E-state index contributed by atoms with van der Waals surface area (Å²) in [4.78, 5) is 0. The van der Waals surface area contributed by atoms with Gasteiger partial charge in [0.15, 0.2) is 0 Å². The molecule has 1 aromatic rings. The monoisotopic (exact) mass is 288 g/mol. The zero-order chi connectivity index (χ0) is 14.8. The van der Waals surface area contributed by atoms with Crippen molar-refractivity contribution in [3.8, 4) is 0 Å². The van der Waals surface area contributed by atoms with E-state index < -0.39 is 11.7 Å². The highest BCUT2D eigenvalue weighted by atomic mass is 19.4. The number of ether oxygens (including phenoxy) is 1. The lowest BCUT2D eigenvalue weighted by molar-refractivity contribution is -0.136. The van der Waals surface area contributed by atoms with Gasteiger partial charge in [-0.1, -0.05) is 0 Å². The number of hydrogen-bond acceptors (Lipinski definition) is 3. The fraction of sp³-hybridized carbons (Fsp3) is 0.571. The summed E-state index contributed by atoms with van der Waals surface area (Å²) < 4.78 is 44.3. The van der Waals surface area contributed by atoms with Crippen LogP contribution in [0.3, 0.4) is 0 Å². The molecule has 112 valence electrons. The smallest absolute Gasteiger partial charge is 0.399 e. The third-order valence-corrected chi connectivity index (χ3v) is 3.71. The first kappa shape index (κ1) is 15.0. The molecule has 0 radical (unpaired) electrons. The fourth-order valence-electron chi connectivity index (χ4n) is 2.50. The van der Waals surface area contributed by atoms with Crippen LogP contribution in [-0.2, 0) is 10.9 Å². The van der Waals surface area contributed by atoms with Crippen molar-refractivity contribution < 1.29 is 17.9 Å². The van der Waals surface area contributed by atoms with E-state index in [9.17, 15) is 13.2 Å². The number of nitrogen functional groups attached to an aromatic ring is 1. The summed E-state index contributed by atoms with van der Waals surface area (Å²) in [6, 6.07) is 3.81. The number of rotatable bonds is 3. The minimum absolute atomic E-state index is 0.0383. The second kappa shape index (κ2) is 5.91. The maximum absolute atomic E-state index is 13.0. The van der Waals surface area contributed by atoms with Gasteiger partial charge in [0, 0.05) is 30.6 Å². The summed E-state index contributed by atoms with van der Waals surface area (Å²) in [5.74, 6) is 0.322. The van der Waals surface area contributed by atoms with Crippen LogP contribution in [0.4, 0.5) is 24.5 Å². The van der Waals surface area contributed by atoms with Crippen LogP contribution >= 0.6 is 0 Å². The molecule has 1 heterocycles. The van der Waals surface area contributed by atoms with E-state index in [4.69, 9.17) is 10.5 Å². The van der Waals surface area contributed by atoms with Gasteiger partial charge >= 0.3 is 6.18 Å². The number of hydrogen-bond donors (Lipinski definition) is 2. The van der Waals surface area contributed by atoms with Crippen LogP contribution in [0.5, 0.6) is 0 Å². The molecule has 20 heavy (non-hydrogen) atoms. The summed E-state index contributed by atoms with van der Waals surface area (Å²) >= 11 is 0. The Morgan fingerprint density at radius 3 is 2.55 bits per heavy atom. The van der Waals surface area contributed by atoms with Crippen molar-refractivity contribution in [3.63, 3.8) is 0 Å². The number of nitrogens with two attached hydrogens (primary N) is 1. The summed E-state index contributed by atoms with van der Waals surface area (Å²) in [5.41, 5.74) is 4.94. The van der Waals surface area contributed by atoms with Crippen molar-refractivity contribution >= 4 is 11.4 Å². The highest BCUT2D eigenvalue weighted by molar-refractivity contribution is 5.59. The topological polar surface area (TPSA) is 47.3 Å². The molecule has 0 amide bonds. The summed E-state index contributed by atoms with van der Waals surface area (Å²) in [6.45, 7) is 3.25. The van der Waals surface area contributed by atoms with Gasteiger partial charge in [-0.15, -0.1) is 0 Å². The molecule has 0 saturated carbocycles. The predicted molar refractivity (Wildman–Crippen MR) is 72.5 cm³/mol. The van der Waals surface area contributed by atoms with Gasteiger partial charge in [-0.25, -0.2) is 0 Å². The van der Waals surface area contributed by atoms with Gasteiger partial charge in [-0.2, -0.15) is 13.2 Å². The second-order valence-corrected chi connectivity index (χ2v) is 5.19. The minimum atomic E-state index is -4.41. The molecular formula is C14H19F3N2O. The first-order chi connectivity index (χ1) is 9.38. The van der Waals surface area contributed by atoms with Crippen molar-refractivity contribution in [1.29, 1.82) is 0 Å². The van der Waals surface area contributed by atoms with Gasteiger partial charge < -0.3 is 15.8 Å². The number of alkyl halides is 3. The number of anilines is 2. The van der Waals surface area contributed by atoms with Crippen molar-refractivity contribution in [2.24, 2.45) is 5.92 Å². The molecule has 0 spiro atoms. The molecule has 3 nitrogen and oxygen atoms in total. The Bertz CT molecular complexity index is 456. The normalized spacial score (nSPS) is 18.8. The average Bonchev–Trinajstić information content (AvgIpc) is 2.40.